The van der Waals surface area contributed by atoms with Crippen molar-refractivity contribution >= 4 is 21.3 Å². The molecule has 2 aliphatic rings. The minimum absolute atomic E-state index is 0.288. The normalized spacial score (nSPS) is 21.2. The lowest BCUT2D eigenvalue weighted by atomic mass is 10.3. The Labute approximate surface area is 141 Å². The van der Waals surface area contributed by atoms with E-state index in [2.05, 4.69) is 25.5 Å². The van der Waals surface area contributed by atoms with Crippen LogP contribution in [-0.2, 0) is 9.84 Å². The summed E-state index contributed by atoms with van der Waals surface area (Å²) >= 11 is 0. The molecule has 0 spiro atoms. The van der Waals surface area contributed by atoms with Gasteiger partial charge in [-0.15, -0.1) is 15.3 Å². The first kappa shape index (κ1) is 15.8. The fourth-order valence-corrected chi connectivity index (χ4v) is 4.27. The Morgan fingerprint density at radius 3 is 2.71 bits per heavy atom. The first-order valence-electron chi connectivity index (χ1n) is 8.50. The molecule has 1 saturated heterocycles. The van der Waals surface area contributed by atoms with Crippen LogP contribution in [0.15, 0.2) is 12.1 Å². The van der Waals surface area contributed by atoms with Gasteiger partial charge in [0.1, 0.15) is 5.82 Å². The summed E-state index contributed by atoms with van der Waals surface area (Å²) in [6.07, 6.45) is 3.30. The molecule has 24 heavy (non-hydrogen) atoms. The van der Waals surface area contributed by atoms with Crippen molar-refractivity contribution in [2.45, 2.75) is 25.2 Å². The molecule has 8 nitrogen and oxygen atoms in total. The van der Waals surface area contributed by atoms with Crippen LogP contribution in [0.25, 0.3) is 5.65 Å². The number of hydrogen-bond donors (Lipinski definition) is 1. The van der Waals surface area contributed by atoms with E-state index in [4.69, 9.17) is 0 Å². The van der Waals surface area contributed by atoms with Gasteiger partial charge in [0, 0.05) is 25.6 Å². The number of rotatable bonds is 6. The fraction of sp³-hybridized carbons (Fsp3) is 0.667. The molecule has 3 heterocycles. The Hall–Kier alpha value is -1.74. The molecule has 1 aliphatic heterocycles. The van der Waals surface area contributed by atoms with Gasteiger partial charge in [-0.2, -0.15) is 4.52 Å². The summed E-state index contributed by atoms with van der Waals surface area (Å²) in [4.78, 5) is 2.21. The SMILES string of the molecule is O=S1(=O)CCN(CCCNc2ccc3nnc(C4CC4)n3n2)CC1. The lowest BCUT2D eigenvalue weighted by Crippen LogP contribution is -2.41. The lowest BCUT2D eigenvalue weighted by Gasteiger charge is -2.26. The van der Waals surface area contributed by atoms with Gasteiger partial charge in [-0.05, 0) is 37.9 Å². The molecule has 2 aromatic heterocycles. The van der Waals surface area contributed by atoms with Crippen LogP contribution in [0.2, 0.25) is 0 Å². The molecule has 2 aromatic rings. The monoisotopic (exact) mass is 350 g/mol. The number of anilines is 1. The predicted octanol–water partition coefficient (Wildman–Crippen LogP) is 0.534. The molecule has 0 atom stereocenters. The third-order valence-corrected chi connectivity index (χ3v) is 6.23. The summed E-state index contributed by atoms with van der Waals surface area (Å²) in [7, 11) is -2.79. The number of hydrogen-bond acceptors (Lipinski definition) is 7. The van der Waals surface area contributed by atoms with Crippen molar-refractivity contribution in [2.24, 2.45) is 0 Å². The van der Waals surface area contributed by atoms with Crippen LogP contribution in [0.4, 0.5) is 5.82 Å². The second kappa shape index (κ2) is 6.29. The van der Waals surface area contributed by atoms with Crippen LogP contribution in [0.5, 0.6) is 0 Å². The molecular weight excluding hydrogens is 328 g/mol. The van der Waals surface area contributed by atoms with Gasteiger partial charge in [0.25, 0.3) is 0 Å². The highest BCUT2D eigenvalue weighted by Gasteiger charge is 2.29. The number of aromatic nitrogens is 4. The zero-order valence-corrected chi connectivity index (χ0v) is 14.4. The number of nitrogens with zero attached hydrogens (tertiary/aromatic N) is 5. The van der Waals surface area contributed by atoms with Gasteiger partial charge in [0.15, 0.2) is 21.3 Å². The molecule has 0 unspecified atom stereocenters. The molecule has 0 amide bonds. The third-order valence-electron chi connectivity index (χ3n) is 4.62. The van der Waals surface area contributed by atoms with E-state index in [0.29, 0.717) is 19.0 Å². The summed E-state index contributed by atoms with van der Waals surface area (Å²) in [6.45, 7) is 3.02. The van der Waals surface area contributed by atoms with Crippen molar-refractivity contribution in [2.75, 3.05) is 43.0 Å². The van der Waals surface area contributed by atoms with Crippen LogP contribution in [0.1, 0.15) is 31.0 Å². The van der Waals surface area contributed by atoms with Gasteiger partial charge in [-0.25, -0.2) is 8.42 Å². The first-order chi connectivity index (χ1) is 11.6. The van der Waals surface area contributed by atoms with E-state index in [0.717, 1.165) is 36.8 Å². The van der Waals surface area contributed by atoms with Crippen LogP contribution in [0.3, 0.4) is 0 Å². The minimum atomic E-state index is -2.79. The van der Waals surface area contributed by atoms with Crippen LogP contribution in [-0.4, -0.2) is 70.8 Å². The van der Waals surface area contributed by atoms with Crippen molar-refractivity contribution < 1.29 is 8.42 Å². The van der Waals surface area contributed by atoms with Gasteiger partial charge in [-0.1, -0.05) is 0 Å². The summed E-state index contributed by atoms with van der Waals surface area (Å²) < 4.78 is 24.7. The van der Waals surface area contributed by atoms with E-state index in [1.807, 2.05) is 16.6 Å². The minimum Gasteiger partial charge on any atom is -0.369 e. The van der Waals surface area contributed by atoms with E-state index in [1.165, 1.54) is 12.8 Å². The van der Waals surface area contributed by atoms with Gasteiger partial charge in [0.05, 0.1) is 11.5 Å². The maximum Gasteiger partial charge on any atom is 0.178 e. The molecule has 0 radical (unpaired) electrons. The average molecular weight is 350 g/mol. The number of fused-ring (bicyclic) bond motifs is 1. The average Bonchev–Trinajstić information content (AvgIpc) is 3.32. The van der Waals surface area contributed by atoms with E-state index in [-0.39, 0.29) is 11.5 Å². The molecule has 2 fully saturated rings. The Kier molecular flexibility index (Phi) is 4.13. The quantitative estimate of drug-likeness (QED) is 0.760. The zero-order chi connectivity index (χ0) is 16.6. The van der Waals surface area contributed by atoms with Crippen LogP contribution < -0.4 is 5.32 Å². The van der Waals surface area contributed by atoms with E-state index < -0.39 is 9.84 Å². The van der Waals surface area contributed by atoms with Gasteiger partial charge in [-0.3, -0.25) is 0 Å². The lowest BCUT2D eigenvalue weighted by molar-refractivity contribution is 0.294. The van der Waals surface area contributed by atoms with Crippen LogP contribution >= 0.6 is 0 Å². The van der Waals surface area contributed by atoms with Crippen molar-refractivity contribution in [3.05, 3.63) is 18.0 Å². The maximum atomic E-state index is 11.4. The number of sulfone groups is 1. The summed E-state index contributed by atoms with van der Waals surface area (Å²) in [6, 6.07) is 3.86. The molecular formula is C15H22N6O2S. The standard InChI is InChI=1S/C15H22N6O2S/c22-24(23)10-8-20(9-11-24)7-1-6-16-13-4-5-14-17-18-15(12-2-3-12)21(14)19-13/h4-5,12H,1-3,6-11H2,(H,16,19). The van der Waals surface area contributed by atoms with Crippen molar-refractivity contribution in [3.63, 3.8) is 0 Å². The van der Waals surface area contributed by atoms with Gasteiger partial charge >= 0.3 is 0 Å². The zero-order valence-electron chi connectivity index (χ0n) is 13.6. The topological polar surface area (TPSA) is 92.5 Å². The molecule has 1 aliphatic carbocycles. The summed E-state index contributed by atoms with van der Waals surface area (Å²) in [5.41, 5.74) is 0.789. The second-order valence-electron chi connectivity index (χ2n) is 6.59. The molecule has 0 aromatic carbocycles. The highest BCUT2D eigenvalue weighted by molar-refractivity contribution is 7.91. The van der Waals surface area contributed by atoms with E-state index in [1.54, 1.807) is 0 Å². The Morgan fingerprint density at radius 2 is 1.96 bits per heavy atom. The highest BCUT2D eigenvalue weighted by atomic mass is 32.2. The third kappa shape index (κ3) is 3.51. The van der Waals surface area contributed by atoms with Crippen molar-refractivity contribution in [1.82, 2.24) is 24.7 Å². The van der Waals surface area contributed by atoms with Crippen molar-refractivity contribution in [1.29, 1.82) is 0 Å². The number of nitrogens with one attached hydrogen (secondary N) is 1. The molecule has 130 valence electrons. The Balaban J connectivity index is 1.28. The molecule has 0 bridgehead atoms. The highest BCUT2D eigenvalue weighted by Crippen LogP contribution is 2.38. The van der Waals surface area contributed by atoms with Gasteiger partial charge in [0.2, 0.25) is 0 Å². The molecule has 9 heteroatoms. The van der Waals surface area contributed by atoms with Crippen molar-refractivity contribution in [3.8, 4) is 0 Å². The predicted molar refractivity (Wildman–Crippen MR) is 91.0 cm³/mol. The molecule has 4 rings (SSSR count). The summed E-state index contributed by atoms with van der Waals surface area (Å²) in [5, 5.41) is 16.3. The largest absolute Gasteiger partial charge is 0.369 e. The molecule has 1 N–H and O–H groups in total. The van der Waals surface area contributed by atoms with E-state index in [9.17, 15) is 8.42 Å². The first-order valence-corrected chi connectivity index (χ1v) is 10.3. The van der Waals surface area contributed by atoms with Gasteiger partial charge < -0.3 is 10.2 Å². The second-order valence-corrected chi connectivity index (χ2v) is 8.90. The summed E-state index contributed by atoms with van der Waals surface area (Å²) in [5.74, 6) is 2.87. The smallest absolute Gasteiger partial charge is 0.178 e. The Morgan fingerprint density at radius 1 is 1.17 bits per heavy atom. The fourth-order valence-electron chi connectivity index (χ4n) is 2.99. The Bertz CT molecular complexity index is 816. The van der Waals surface area contributed by atoms with E-state index >= 15 is 0 Å². The van der Waals surface area contributed by atoms with Crippen LogP contribution in [0, 0.1) is 0 Å². The maximum absolute atomic E-state index is 11.4. The molecule has 1 saturated carbocycles.